The predicted octanol–water partition coefficient (Wildman–Crippen LogP) is 5.03. The standard InChI is InChI=1S/C17H22N2S2/c1-4-18(5-2)17(20)21-14(3)19-13-9-12-16(19)15-10-7-6-8-11-15/h6-14H,4-5H2,1-3H3/t14-/m0/s1. The molecule has 112 valence electrons. The van der Waals surface area contributed by atoms with E-state index >= 15 is 0 Å². The molecule has 0 aliphatic heterocycles. The van der Waals surface area contributed by atoms with Gasteiger partial charge in [-0.1, -0.05) is 54.3 Å². The van der Waals surface area contributed by atoms with Crippen LogP contribution in [0.25, 0.3) is 11.3 Å². The quantitative estimate of drug-likeness (QED) is 0.715. The number of thioether (sulfide) groups is 1. The second kappa shape index (κ2) is 7.66. The average molecular weight is 319 g/mol. The topological polar surface area (TPSA) is 8.17 Å². The molecule has 2 aromatic rings. The lowest BCUT2D eigenvalue weighted by molar-refractivity contribution is 0.482. The summed E-state index contributed by atoms with van der Waals surface area (Å²) in [5.41, 5.74) is 2.47. The van der Waals surface area contributed by atoms with Crippen LogP contribution in [0.3, 0.4) is 0 Å². The Morgan fingerprint density at radius 2 is 1.81 bits per heavy atom. The Morgan fingerprint density at radius 3 is 2.43 bits per heavy atom. The largest absolute Gasteiger partial charge is 0.358 e. The molecular formula is C17H22N2S2. The lowest BCUT2D eigenvalue weighted by Gasteiger charge is -2.24. The van der Waals surface area contributed by atoms with Crippen molar-refractivity contribution in [2.24, 2.45) is 0 Å². The Labute approximate surface area is 137 Å². The Balaban J connectivity index is 2.16. The van der Waals surface area contributed by atoms with E-state index in [1.165, 1.54) is 11.3 Å². The number of thiocarbonyl (C=S) groups is 1. The van der Waals surface area contributed by atoms with E-state index in [-0.39, 0.29) is 5.37 Å². The fraction of sp³-hybridized carbons (Fsp3) is 0.353. The van der Waals surface area contributed by atoms with Crippen molar-refractivity contribution in [3.63, 3.8) is 0 Å². The van der Waals surface area contributed by atoms with Crippen molar-refractivity contribution in [1.29, 1.82) is 0 Å². The minimum Gasteiger partial charge on any atom is -0.358 e. The summed E-state index contributed by atoms with van der Waals surface area (Å²) in [7, 11) is 0. The molecule has 0 radical (unpaired) electrons. The van der Waals surface area contributed by atoms with Gasteiger partial charge in [-0.05, 0) is 38.5 Å². The summed E-state index contributed by atoms with van der Waals surface area (Å²) in [5, 5.41) is 0.281. The summed E-state index contributed by atoms with van der Waals surface area (Å²) in [4.78, 5) is 2.22. The molecule has 0 aliphatic carbocycles. The normalized spacial score (nSPS) is 12.1. The molecule has 0 saturated heterocycles. The maximum absolute atomic E-state index is 5.56. The lowest BCUT2D eigenvalue weighted by Crippen LogP contribution is -2.27. The zero-order valence-electron chi connectivity index (χ0n) is 12.8. The Bertz CT molecular complexity index is 573. The number of nitrogens with zero attached hydrogens (tertiary/aromatic N) is 2. The number of benzene rings is 1. The van der Waals surface area contributed by atoms with E-state index in [9.17, 15) is 0 Å². The molecule has 2 rings (SSSR count). The second-order valence-electron chi connectivity index (χ2n) is 4.82. The van der Waals surface area contributed by atoms with Crippen molar-refractivity contribution in [3.05, 3.63) is 48.7 Å². The molecule has 0 unspecified atom stereocenters. The fourth-order valence-electron chi connectivity index (χ4n) is 2.32. The summed E-state index contributed by atoms with van der Waals surface area (Å²) >= 11 is 7.30. The summed E-state index contributed by atoms with van der Waals surface area (Å²) in [6, 6.07) is 14.7. The van der Waals surface area contributed by atoms with E-state index in [4.69, 9.17) is 12.2 Å². The Morgan fingerprint density at radius 1 is 1.14 bits per heavy atom. The Kier molecular flexibility index (Phi) is 5.88. The molecule has 0 fully saturated rings. The molecule has 0 aliphatic rings. The highest BCUT2D eigenvalue weighted by Crippen LogP contribution is 2.31. The third-order valence-corrected chi connectivity index (χ3v) is 5.11. The van der Waals surface area contributed by atoms with Gasteiger partial charge in [0.05, 0.1) is 5.37 Å². The fourth-order valence-corrected chi connectivity index (χ4v) is 4.00. The van der Waals surface area contributed by atoms with Crippen LogP contribution < -0.4 is 0 Å². The highest BCUT2D eigenvalue weighted by Gasteiger charge is 2.15. The molecule has 0 amide bonds. The van der Waals surface area contributed by atoms with Gasteiger partial charge in [0, 0.05) is 25.0 Å². The van der Waals surface area contributed by atoms with Crippen LogP contribution in [0.4, 0.5) is 0 Å². The van der Waals surface area contributed by atoms with Crippen LogP contribution in [0.5, 0.6) is 0 Å². The first kappa shape index (κ1) is 16.1. The molecule has 0 saturated carbocycles. The van der Waals surface area contributed by atoms with Crippen molar-refractivity contribution >= 4 is 28.3 Å². The maximum Gasteiger partial charge on any atom is 0.138 e. The van der Waals surface area contributed by atoms with E-state index in [1.807, 2.05) is 6.07 Å². The Hall–Kier alpha value is -1.26. The summed E-state index contributed by atoms with van der Waals surface area (Å²) in [6.07, 6.45) is 2.13. The molecule has 0 N–H and O–H groups in total. The highest BCUT2D eigenvalue weighted by molar-refractivity contribution is 8.22. The summed E-state index contributed by atoms with van der Waals surface area (Å²) in [5.74, 6) is 0. The van der Waals surface area contributed by atoms with Gasteiger partial charge in [0.2, 0.25) is 0 Å². The van der Waals surface area contributed by atoms with Crippen molar-refractivity contribution in [3.8, 4) is 11.3 Å². The predicted molar refractivity (Wildman–Crippen MR) is 97.7 cm³/mol. The van der Waals surface area contributed by atoms with E-state index in [0.29, 0.717) is 0 Å². The van der Waals surface area contributed by atoms with Gasteiger partial charge in [-0.15, -0.1) is 0 Å². The van der Waals surface area contributed by atoms with Crippen molar-refractivity contribution < 1.29 is 0 Å². The molecule has 1 heterocycles. The van der Waals surface area contributed by atoms with Crippen LogP contribution >= 0.6 is 24.0 Å². The maximum atomic E-state index is 5.56. The van der Waals surface area contributed by atoms with Gasteiger partial charge in [0.1, 0.15) is 4.32 Å². The first-order valence-corrected chi connectivity index (χ1v) is 8.64. The zero-order chi connectivity index (χ0) is 15.2. The van der Waals surface area contributed by atoms with Gasteiger partial charge in [0.25, 0.3) is 0 Å². The van der Waals surface area contributed by atoms with Crippen LogP contribution in [0, 0.1) is 0 Å². The number of aromatic nitrogens is 1. The first-order valence-electron chi connectivity index (χ1n) is 7.35. The van der Waals surface area contributed by atoms with Gasteiger partial charge < -0.3 is 9.47 Å². The van der Waals surface area contributed by atoms with Gasteiger partial charge in [-0.3, -0.25) is 0 Å². The van der Waals surface area contributed by atoms with Gasteiger partial charge in [0.15, 0.2) is 0 Å². The zero-order valence-corrected chi connectivity index (χ0v) is 14.5. The van der Waals surface area contributed by atoms with E-state index in [1.54, 1.807) is 11.8 Å². The number of rotatable bonds is 5. The molecule has 0 spiro atoms. The smallest absolute Gasteiger partial charge is 0.138 e. The lowest BCUT2D eigenvalue weighted by atomic mass is 10.1. The molecule has 1 aromatic carbocycles. The molecule has 21 heavy (non-hydrogen) atoms. The average Bonchev–Trinajstić information content (AvgIpc) is 2.99. The minimum absolute atomic E-state index is 0.281. The van der Waals surface area contributed by atoms with Crippen LogP contribution in [0.1, 0.15) is 26.1 Å². The molecule has 4 heteroatoms. The molecule has 1 aromatic heterocycles. The van der Waals surface area contributed by atoms with Gasteiger partial charge in [-0.25, -0.2) is 0 Å². The summed E-state index contributed by atoms with van der Waals surface area (Å²) in [6.45, 7) is 8.42. The summed E-state index contributed by atoms with van der Waals surface area (Å²) < 4.78 is 3.26. The van der Waals surface area contributed by atoms with Crippen LogP contribution in [-0.2, 0) is 0 Å². The van der Waals surface area contributed by atoms with E-state index in [2.05, 4.69) is 72.8 Å². The van der Waals surface area contributed by atoms with Crippen molar-refractivity contribution in [1.82, 2.24) is 9.47 Å². The van der Waals surface area contributed by atoms with Crippen LogP contribution in [0.15, 0.2) is 48.7 Å². The minimum atomic E-state index is 0.281. The number of hydrogen-bond acceptors (Lipinski definition) is 2. The van der Waals surface area contributed by atoms with Crippen molar-refractivity contribution in [2.45, 2.75) is 26.1 Å². The monoisotopic (exact) mass is 318 g/mol. The SMILES string of the molecule is CCN(CC)C(=S)S[C@@H](C)n1cccc1-c1ccccc1. The number of hydrogen-bond donors (Lipinski definition) is 0. The van der Waals surface area contributed by atoms with Crippen molar-refractivity contribution in [2.75, 3.05) is 13.1 Å². The molecule has 0 bridgehead atoms. The molecule has 1 atom stereocenters. The third kappa shape index (κ3) is 3.89. The van der Waals surface area contributed by atoms with Gasteiger partial charge >= 0.3 is 0 Å². The third-order valence-electron chi connectivity index (χ3n) is 3.53. The van der Waals surface area contributed by atoms with Gasteiger partial charge in [-0.2, -0.15) is 0 Å². The molecular weight excluding hydrogens is 296 g/mol. The second-order valence-corrected chi connectivity index (χ2v) is 6.77. The van der Waals surface area contributed by atoms with Crippen LogP contribution in [0.2, 0.25) is 0 Å². The first-order chi connectivity index (χ1) is 10.2. The van der Waals surface area contributed by atoms with E-state index in [0.717, 1.165) is 17.4 Å². The molecule has 2 nitrogen and oxygen atoms in total. The highest BCUT2D eigenvalue weighted by atomic mass is 32.2. The van der Waals surface area contributed by atoms with E-state index < -0.39 is 0 Å². The van der Waals surface area contributed by atoms with Crippen LogP contribution in [-0.4, -0.2) is 26.9 Å².